The van der Waals surface area contributed by atoms with Crippen LogP contribution in [0.15, 0.2) is 17.5 Å². The molecule has 0 radical (unpaired) electrons. The second kappa shape index (κ2) is 6.34. The molecule has 1 saturated carbocycles. The smallest absolute Gasteiger partial charge is 0.326 e. The summed E-state index contributed by atoms with van der Waals surface area (Å²) in [4.78, 5) is 13.4. The number of esters is 1. The van der Waals surface area contributed by atoms with Crippen LogP contribution in [0, 0.1) is 0 Å². The molecule has 1 aliphatic rings. The summed E-state index contributed by atoms with van der Waals surface area (Å²) in [6.45, 7) is 0.757. The van der Waals surface area contributed by atoms with Gasteiger partial charge in [-0.1, -0.05) is 31.7 Å². The van der Waals surface area contributed by atoms with Gasteiger partial charge in [0.25, 0.3) is 0 Å². The first-order chi connectivity index (χ1) is 8.77. The van der Waals surface area contributed by atoms with Crippen LogP contribution in [0.1, 0.15) is 43.4 Å². The zero-order chi connectivity index (χ0) is 12.8. The van der Waals surface area contributed by atoms with Gasteiger partial charge in [0, 0.05) is 11.4 Å². The SMILES string of the molecule is COC(=O)C1(NCc2cccs2)CCCCCC1. The maximum atomic E-state index is 12.1. The van der Waals surface area contributed by atoms with Crippen LogP contribution < -0.4 is 5.32 Å². The maximum Gasteiger partial charge on any atom is 0.326 e. The quantitative estimate of drug-likeness (QED) is 0.673. The first kappa shape index (κ1) is 13.6. The molecule has 18 heavy (non-hydrogen) atoms. The third kappa shape index (κ3) is 3.12. The van der Waals surface area contributed by atoms with Crippen LogP contribution in [-0.2, 0) is 16.1 Å². The number of carbonyl (C=O) groups excluding carboxylic acids is 1. The van der Waals surface area contributed by atoms with Gasteiger partial charge >= 0.3 is 5.97 Å². The molecule has 1 aliphatic carbocycles. The second-order valence-electron chi connectivity index (χ2n) is 4.92. The molecule has 0 unspecified atom stereocenters. The molecular weight excluding hydrogens is 246 g/mol. The standard InChI is InChI=1S/C14H21NO2S/c1-17-13(16)14(8-4-2-3-5-9-14)15-11-12-7-6-10-18-12/h6-7,10,15H,2-5,8-9,11H2,1H3. The van der Waals surface area contributed by atoms with Crippen molar-refractivity contribution < 1.29 is 9.53 Å². The number of nitrogens with one attached hydrogen (secondary N) is 1. The van der Waals surface area contributed by atoms with E-state index in [1.54, 1.807) is 11.3 Å². The molecule has 2 rings (SSSR count). The fraction of sp³-hybridized carbons (Fsp3) is 0.643. The Bertz CT molecular complexity index is 367. The van der Waals surface area contributed by atoms with Crippen molar-refractivity contribution in [3.63, 3.8) is 0 Å². The van der Waals surface area contributed by atoms with Gasteiger partial charge in [0.2, 0.25) is 0 Å². The highest BCUT2D eigenvalue weighted by Gasteiger charge is 2.39. The molecule has 1 aromatic rings. The highest BCUT2D eigenvalue weighted by molar-refractivity contribution is 7.09. The lowest BCUT2D eigenvalue weighted by Gasteiger charge is -2.30. The van der Waals surface area contributed by atoms with Crippen molar-refractivity contribution in [2.75, 3.05) is 7.11 Å². The molecule has 0 amide bonds. The van der Waals surface area contributed by atoms with E-state index in [0.717, 1.165) is 32.2 Å². The fourth-order valence-electron chi connectivity index (χ4n) is 2.65. The number of ether oxygens (including phenoxy) is 1. The number of hydrogen-bond donors (Lipinski definition) is 1. The summed E-state index contributed by atoms with van der Waals surface area (Å²) < 4.78 is 5.02. The van der Waals surface area contributed by atoms with Crippen molar-refractivity contribution in [1.29, 1.82) is 0 Å². The van der Waals surface area contributed by atoms with Crippen LogP contribution in [0.4, 0.5) is 0 Å². The molecule has 1 heterocycles. The molecule has 100 valence electrons. The zero-order valence-corrected chi connectivity index (χ0v) is 11.7. The Morgan fingerprint density at radius 2 is 2.11 bits per heavy atom. The summed E-state index contributed by atoms with van der Waals surface area (Å²) in [6, 6.07) is 4.14. The Balaban J connectivity index is 2.05. The lowest BCUT2D eigenvalue weighted by molar-refractivity contribution is -0.149. The maximum absolute atomic E-state index is 12.1. The van der Waals surface area contributed by atoms with Gasteiger partial charge in [0.1, 0.15) is 5.54 Å². The minimum absolute atomic E-state index is 0.0963. The van der Waals surface area contributed by atoms with E-state index in [-0.39, 0.29) is 5.97 Å². The summed E-state index contributed by atoms with van der Waals surface area (Å²) >= 11 is 1.72. The first-order valence-corrected chi connectivity index (χ1v) is 7.51. The second-order valence-corrected chi connectivity index (χ2v) is 5.95. The Kier molecular flexibility index (Phi) is 4.78. The molecule has 0 bridgehead atoms. The van der Waals surface area contributed by atoms with Crippen molar-refractivity contribution in [3.05, 3.63) is 22.4 Å². The molecule has 0 atom stereocenters. The van der Waals surface area contributed by atoms with E-state index in [2.05, 4.69) is 16.8 Å². The Hall–Kier alpha value is -0.870. The lowest BCUT2D eigenvalue weighted by atomic mass is 9.90. The van der Waals surface area contributed by atoms with Crippen LogP contribution in [0.2, 0.25) is 0 Å². The monoisotopic (exact) mass is 267 g/mol. The van der Waals surface area contributed by atoms with Gasteiger partial charge in [0.15, 0.2) is 0 Å². The van der Waals surface area contributed by atoms with E-state index >= 15 is 0 Å². The van der Waals surface area contributed by atoms with Crippen LogP contribution in [-0.4, -0.2) is 18.6 Å². The average Bonchev–Trinajstić information content (AvgIpc) is 2.80. The minimum Gasteiger partial charge on any atom is -0.468 e. The minimum atomic E-state index is -0.463. The number of rotatable bonds is 4. The largest absolute Gasteiger partial charge is 0.468 e. The average molecular weight is 267 g/mol. The van der Waals surface area contributed by atoms with E-state index in [1.165, 1.54) is 24.8 Å². The van der Waals surface area contributed by atoms with E-state index < -0.39 is 5.54 Å². The van der Waals surface area contributed by atoms with Crippen molar-refractivity contribution >= 4 is 17.3 Å². The highest BCUT2D eigenvalue weighted by Crippen LogP contribution is 2.29. The van der Waals surface area contributed by atoms with Gasteiger partial charge in [-0.15, -0.1) is 11.3 Å². The van der Waals surface area contributed by atoms with Crippen molar-refractivity contribution in [1.82, 2.24) is 5.32 Å². The third-order valence-electron chi connectivity index (χ3n) is 3.71. The molecule has 0 aromatic carbocycles. The van der Waals surface area contributed by atoms with Gasteiger partial charge in [0.05, 0.1) is 7.11 Å². The summed E-state index contributed by atoms with van der Waals surface area (Å²) in [5, 5.41) is 5.53. The number of methoxy groups -OCH3 is 1. The van der Waals surface area contributed by atoms with Gasteiger partial charge in [-0.25, -0.2) is 0 Å². The van der Waals surface area contributed by atoms with E-state index in [9.17, 15) is 4.79 Å². The number of hydrogen-bond acceptors (Lipinski definition) is 4. The summed E-state index contributed by atoms with van der Waals surface area (Å²) in [5.74, 6) is -0.0963. The Labute approximate surface area is 113 Å². The van der Waals surface area contributed by atoms with Crippen LogP contribution >= 0.6 is 11.3 Å². The highest BCUT2D eigenvalue weighted by atomic mass is 32.1. The molecule has 1 N–H and O–H groups in total. The lowest BCUT2D eigenvalue weighted by Crippen LogP contribution is -2.51. The molecule has 0 aliphatic heterocycles. The van der Waals surface area contributed by atoms with E-state index in [1.807, 2.05) is 6.07 Å². The zero-order valence-electron chi connectivity index (χ0n) is 10.9. The predicted molar refractivity (Wildman–Crippen MR) is 73.6 cm³/mol. The predicted octanol–water partition coefficient (Wildman–Crippen LogP) is 3.10. The Morgan fingerprint density at radius 1 is 1.39 bits per heavy atom. The first-order valence-electron chi connectivity index (χ1n) is 6.63. The van der Waals surface area contributed by atoms with Crippen molar-refractivity contribution in [2.45, 2.75) is 50.6 Å². The fourth-order valence-corrected chi connectivity index (χ4v) is 3.29. The van der Waals surface area contributed by atoms with Crippen LogP contribution in [0.5, 0.6) is 0 Å². The van der Waals surface area contributed by atoms with Crippen molar-refractivity contribution in [3.8, 4) is 0 Å². The summed E-state index contributed by atoms with van der Waals surface area (Å²) in [5.41, 5.74) is -0.463. The van der Waals surface area contributed by atoms with Gasteiger partial charge in [-0.2, -0.15) is 0 Å². The van der Waals surface area contributed by atoms with Crippen LogP contribution in [0.25, 0.3) is 0 Å². The summed E-state index contributed by atoms with van der Waals surface area (Å²) in [7, 11) is 1.49. The van der Waals surface area contributed by atoms with E-state index in [0.29, 0.717) is 0 Å². The molecule has 0 spiro atoms. The van der Waals surface area contributed by atoms with Crippen molar-refractivity contribution in [2.24, 2.45) is 0 Å². The molecule has 1 fully saturated rings. The van der Waals surface area contributed by atoms with Gasteiger partial charge in [-0.05, 0) is 24.3 Å². The van der Waals surface area contributed by atoms with Crippen LogP contribution in [0.3, 0.4) is 0 Å². The molecule has 0 saturated heterocycles. The number of carbonyl (C=O) groups is 1. The molecule has 1 aromatic heterocycles. The normalized spacial score (nSPS) is 19.2. The topological polar surface area (TPSA) is 38.3 Å². The molecule has 3 nitrogen and oxygen atoms in total. The third-order valence-corrected chi connectivity index (χ3v) is 4.59. The van der Waals surface area contributed by atoms with Gasteiger partial charge < -0.3 is 4.74 Å². The Morgan fingerprint density at radius 3 is 2.67 bits per heavy atom. The molecule has 4 heteroatoms. The molecular formula is C14H21NO2S. The summed E-state index contributed by atoms with van der Waals surface area (Å²) in [6.07, 6.45) is 6.44. The van der Waals surface area contributed by atoms with Gasteiger partial charge in [-0.3, -0.25) is 10.1 Å². The van der Waals surface area contributed by atoms with E-state index in [4.69, 9.17) is 4.74 Å². The number of thiophene rings is 1.